The summed E-state index contributed by atoms with van der Waals surface area (Å²) in [7, 11) is 0. The van der Waals surface area contributed by atoms with Crippen molar-refractivity contribution in [2.75, 3.05) is 13.2 Å². The lowest BCUT2D eigenvalue weighted by Crippen LogP contribution is -2.46. The number of hydrogen-bond acceptors (Lipinski definition) is 4. The summed E-state index contributed by atoms with van der Waals surface area (Å²) >= 11 is 5.75. The van der Waals surface area contributed by atoms with Crippen molar-refractivity contribution < 1.29 is 19.1 Å². The van der Waals surface area contributed by atoms with Gasteiger partial charge in [-0.25, -0.2) is 4.79 Å². The molecule has 6 heteroatoms. The summed E-state index contributed by atoms with van der Waals surface area (Å²) in [6.07, 6.45) is 0.461. The monoisotopic (exact) mass is 281 g/mol. The zero-order chi connectivity index (χ0) is 13.4. The third-order valence-corrected chi connectivity index (χ3v) is 3.57. The summed E-state index contributed by atoms with van der Waals surface area (Å²) in [5.74, 6) is 0.0693. The molecule has 0 spiro atoms. The van der Waals surface area contributed by atoms with Gasteiger partial charge in [0.05, 0.1) is 6.54 Å². The molecule has 1 aromatic rings. The number of morpholine rings is 1. The lowest BCUT2D eigenvalue weighted by Gasteiger charge is -2.25. The van der Waals surface area contributed by atoms with E-state index in [4.69, 9.17) is 21.1 Å². The van der Waals surface area contributed by atoms with Crippen LogP contribution in [0.5, 0.6) is 5.75 Å². The number of carbonyl (C=O) groups excluding carboxylic acids is 2. The fraction of sp³-hybridized carbons (Fsp3) is 0.385. The minimum absolute atomic E-state index is 0.0852. The Bertz CT molecular complexity index is 516. The average molecular weight is 282 g/mol. The van der Waals surface area contributed by atoms with Crippen molar-refractivity contribution in [2.45, 2.75) is 18.6 Å². The number of rotatable bonds is 3. The van der Waals surface area contributed by atoms with E-state index in [2.05, 4.69) is 0 Å². The van der Waals surface area contributed by atoms with E-state index < -0.39 is 6.04 Å². The summed E-state index contributed by atoms with van der Waals surface area (Å²) in [6.45, 7) is 0.386. The fourth-order valence-electron chi connectivity index (χ4n) is 2.38. The van der Waals surface area contributed by atoms with Crippen LogP contribution in [0.15, 0.2) is 24.3 Å². The number of ether oxygens (including phenoxy) is 2. The van der Waals surface area contributed by atoms with Crippen LogP contribution in [-0.2, 0) is 14.3 Å². The molecule has 0 unspecified atom stereocenters. The van der Waals surface area contributed by atoms with Gasteiger partial charge in [-0.15, -0.1) is 0 Å². The molecule has 0 N–H and O–H groups in total. The van der Waals surface area contributed by atoms with E-state index in [-0.39, 0.29) is 24.6 Å². The van der Waals surface area contributed by atoms with E-state index in [1.807, 2.05) is 0 Å². The van der Waals surface area contributed by atoms with Gasteiger partial charge in [0.15, 0.2) is 6.61 Å². The first-order valence-electron chi connectivity index (χ1n) is 6.02. The molecule has 2 bridgehead atoms. The third-order valence-electron chi connectivity index (χ3n) is 3.31. The first-order valence-corrected chi connectivity index (χ1v) is 6.39. The zero-order valence-corrected chi connectivity index (χ0v) is 10.8. The largest absolute Gasteiger partial charge is 0.484 e. The Labute approximate surface area is 115 Å². The number of likely N-dealkylation sites (tertiary alicyclic amines) is 1. The number of nitrogens with zero attached hydrogens (tertiary/aromatic N) is 1. The van der Waals surface area contributed by atoms with E-state index in [0.717, 1.165) is 0 Å². The van der Waals surface area contributed by atoms with Crippen LogP contribution in [0.1, 0.15) is 6.42 Å². The maximum atomic E-state index is 12.0. The summed E-state index contributed by atoms with van der Waals surface area (Å²) in [6, 6.07) is 6.35. The van der Waals surface area contributed by atoms with Crippen molar-refractivity contribution in [3.8, 4) is 5.75 Å². The number of carbonyl (C=O) groups is 2. The van der Waals surface area contributed by atoms with Crippen molar-refractivity contribution in [3.05, 3.63) is 29.3 Å². The standard InChI is InChI=1S/C13H12ClNO4/c14-8-1-3-9(4-2-8)18-7-12(16)15-6-10-5-11(15)13(17)19-10/h1-4,10-11H,5-7H2/t10-,11+/m1/s1. The highest BCUT2D eigenvalue weighted by Crippen LogP contribution is 2.29. The Balaban J connectivity index is 1.57. The number of esters is 1. The highest BCUT2D eigenvalue weighted by atomic mass is 35.5. The van der Waals surface area contributed by atoms with Crippen LogP contribution in [0.4, 0.5) is 0 Å². The minimum Gasteiger partial charge on any atom is -0.484 e. The van der Waals surface area contributed by atoms with Crippen LogP contribution < -0.4 is 4.74 Å². The van der Waals surface area contributed by atoms with E-state index in [0.29, 0.717) is 23.7 Å². The minimum atomic E-state index is -0.425. The topological polar surface area (TPSA) is 55.8 Å². The molecule has 1 aromatic carbocycles. The fourth-order valence-corrected chi connectivity index (χ4v) is 2.51. The van der Waals surface area contributed by atoms with Crippen molar-refractivity contribution in [3.63, 3.8) is 0 Å². The Morgan fingerprint density at radius 2 is 2.16 bits per heavy atom. The van der Waals surface area contributed by atoms with Gasteiger partial charge < -0.3 is 14.4 Å². The van der Waals surface area contributed by atoms with Gasteiger partial charge in [-0.3, -0.25) is 4.79 Å². The Morgan fingerprint density at radius 1 is 1.42 bits per heavy atom. The van der Waals surface area contributed by atoms with Crippen LogP contribution in [-0.4, -0.2) is 42.1 Å². The van der Waals surface area contributed by atoms with Crippen molar-refractivity contribution in [1.29, 1.82) is 0 Å². The second-order valence-electron chi connectivity index (χ2n) is 4.60. The average Bonchev–Trinajstić information content (AvgIpc) is 2.96. The molecule has 0 aliphatic carbocycles. The molecule has 100 valence electrons. The SMILES string of the molecule is O=C1O[C@@H]2C[C@@H]1N(C(=O)COc1ccc(Cl)cc1)C2. The Hall–Kier alpha value is -1.75. The normalized spacial score (nSPS) is 24.5. The smallest absolute Gasteiger partial charge is 0.329 e. The summed E-state index contributed by atoms with van der Waals surface area (Å²) in [5.41, 5.74) is 0. The van der Waals surface area contributed by atoms with Gasteiger partial charge in [-0.1, -0.05) is 11.6 Å². The van der Waals surface area contributed by atoms with Crippen LogP contribution in [0.3, 0.4) is 0 Å². The molecule has 2 fully saturated rings. The van der Waals surface area contributed by atoms with Gasteiger partial charge in [-0.2, -0.15) is 0 Å². The van der Waals surface area contributed by atoms with Gasteiger partial charge in [-0.05, 0) is 24.3 Å². The summed E-state index contributed by atoms with van der Waals surface area (Å²) in [4.78, 5) is 24.9. The molecule has 0 aromatic heterocycles. The first-order chi connectivity index (χ1) is 9.13. The highest BCUT2D eigenvalue weighted by molar-refractivity contribution is 6.30. The maximum Gasteiger partial charge on any atom is 0.329 e. The molecule has 19 heavy (non-hydrogen) atoms. The predicted octanol–water partition coefficient (Wildman–Crippen LogP) is 1.25. The number of hydrogen-bond donors (Lipinski definition) is 0. The number of halogens is 1. The lowest BCUT2D eigenvalue weighted by atomic mass is 10.2. The first kappa shape index (κ1) is 12.3. The van der Waals surface area contributed by atoms with Gasteiger partial charge in [0.25, 0.3) is 5.91 Å². The molecule has 0 radical (unpaired) electrons. The van der Waals surface area contributed by atoms with Crippen LogP contribution >= 0.6 is 11.6 Å². The Kier molecular flexibility index (Phi) is 3.06. The van der Waals surface area contributed by atoms with Gasteiger partial charge in [0.2, 0.25) is 0 Å². The molecule has 2 saturated heterocycles. The Morgan fingerprint density at radius 3 is 2.79 bits per heavy atom. The highest BCUT2D eigenvalue weighted by Gasteiger charge is 2.48. The summed E-state index contributed by atoms with van der Waals surface area (Å²) in [5, 5.41) is 0.610. The van der Waals surface area contributed by atoms with Crippen molar-refractivity contribution in [1.82, 2.24) is 4.90 Å². The molecule has 2 atom stereocenters. The van der Waals surface area contributed by atoms with E-state index in [1.165, 1.54) is 4.90 Å². The number of benzene rings is 1. The molecule has 1 amide bonds. The predicted molar refractivity (Wildman–Crippen MR) is 66.9 cm³/mol. The second-order valence-corrected chi connectivity index (χ2v) is 5.04. The van der Waals surface area contributed by atoms with Gasteiger partial charge in [0, 0.05) is 11.4 Å². The molecular formula is C13H12ClNO4. The third kappa shape index (κ3) is 2.38. The molecule has 2 aliphatic rings. The lowest BCUT2D eigenvalue weighted by molar-refractivity contribution is -0.157. The van der Waals surface area contributed by atoms with Crippen molar-refractivity contribution in [2.24, 2.45) is 0 Å². The molecule has 0 saturated carbocycles. The van der Waals surface area contributed by atoms with Crippen molar-refractivity contribution >= 4 is 23.5 Å². The zero-order valence-electron chi connectivity index (χ0n) is 10.0. The quantitative estimate of drug-likeness (QED) is 0.783. The van der Waals surface area contributed by atoms with E-state index >= 15 is 0 Å². The molecule has 2 heterocycles. The van der Waals surface area contributed by atoms with Crippen LogP contribution in [0.25, 0.3) is 0 Å². The summed E-state index contributed by atoms with van der Waals surface area (Å²) < 4.78 is 10.4. The van der Waals surface area contributed by atoms with E-state index in [1.54, 1.807) is 24.3 Å². The van der Waals surface area contributed by atoms with Crippen LogP contribution in [0, 0.1) is 0 Å². The molecular weight excluding hydrogens is 270 g/mol. The van der Waals surface area contributed by atoms with Gasteiger partial charge >= 0.3 is 5.97 Å². The van der Waals surface area contributed by atoms with Gasteiger partial charge in [0.1, 0.15) is 17.9 Å². The second kappa shape index (κ2) is 4.74. The van der Waals surface area contributed by atoms with E-state index in [9.17, 15) is 9.59 Å². The molecule has 2 aliphatic heterocycles. The van der Waals surface area contributed by atoms with Crippen LogP contribution in [0.2, 0.25) is 5.02 Å². The maximum absolute atomic E-state index is 12.0. The number of amides is 1. The molecule has 3 rings (SSSR count). The molecule has 5 nitrogen and oxygen atoms in total. The number of fused-ring (bicyclic) bond motifs is 2.